The van der Waals surface area contributed by atoms with Crippen LogP contribution in [-0.4, -0.2) is 67.4 Å². The summed E-state index contributed by atoms with van der Waals surface area (Å²) in [6, 6.07) is 9.72. The van der Waals surface area contributed by atoms with Crippen LogP contribution in [0, 0.1) is 5.92 Å². The highest BCUT2D eigenvalue weighted by Gasteiger charge is 2.39. The highest BCUT2D eigenvalue weighted by molar-refractivity contribution is 5.85. The van der Waals surface area contributed by atoms with Crippen molar-refractivity contribution >= 4 is 11.8 Å². The average Bonchev–Trinajstić information content (AvgIpc) is 2.97. The number of benzene rings is 1. The number of rotatable bonds is 5. The summed E-state index contributed by atoms with van der Waals surface area (Å²) in [6.07, 6.45) is 0.441. The Kier molecular flexibility index (Phi) is 5.48. The molecule has 2 aliphatic rings. The molecule has 0 aromatic heterocycles. The van der Waals surface area contributed by atoms with E-state index >= 15 is 0 Å². The molecule has 2 saturated heterocycles. The minimum absolute atomic E-state index is 0.0357. The van der Waals surface area contributed by atoms with Crippen LogP contribution in [0.2, 0.25) is 0 Å². The fourth-order valence-corrected chi connectivity index (χ4v) is 3.63. The number of likely N-dealkylation sites (tertiary alicyclic amines) is 1. The molecule has 2 aliphatic heterocycles. The third kappa shape index (κ3) is 3.76. The van der Waals surface area contributed by atoms with E-state index in [4.69, 9.17) is 0 Å². The van der Waals surface area contributed by atoms with Gasteiger partial charge in [0.15, 0.2) is 0 Å². The fourth-order valence-electron chi connectivity index (χ4n) is 3.63. The summed E-state index contributed by atoms with van der Waals surface area (Å²) in [5.41, 5.74) is 1.13. The van der Waals surface area contributed by atoms with Gasteiger partial charge in [0.2, 0.25) is 11.8 Å². The van der Waals surface area contributed by atoms with Crippen molar-refractivity contribution < 1.29 is 9.59 Å². The zero-order valence-electron chi connectivity index (χ0n) is 14.2. The van der Waals surface area contributed by atoms with Gasteiger partial charge in [0.25, 0.3) is 0 Å². The second kappa shape index (κ2) is 7.77. The van der Waals surface area contributed by atoms with E-state index in [0.29, 0.717) is 19.5 Å². The van der Waals surface area contributed by atoms with Crippen molar-refractivity contribution in [2.24, 2.45) is 5.92 Å². The maximum atomic E-state index is 12.8. The van der Waals surface area contributed by atoms with E-state index in [1.807, 2.05) is 47.2 Å². The summed E-state index contributed by atoms with van der Waals surface area (Å²) in [4.78, 5) is 28.9. The van der Waals surface area contributed by atoms with Crippen LogP contribution >= 0.6 is 0 Å². The standard InChI is InChI=1S/C18H26N4O2/c1-19-17(18(24)21-9-7-20-8-10-21)15-11-16(23)22(13-15)12-14-5-3-2-4-6-14/h2-6,15,17,19-20H,7-13H2,1H3. The lowest BCUT2D eigenvalue weighted by atomic mass is 9.97. The smallest absolute Gasteiger partial charge is 0.240 e. The van der Waals surface area contributed by atoms with Crippen LogP contribution in [0.15, 0.2) is 30.3 Å². The molecule has 1 aromatic carbocycles. The topological polar surface area (TPSA) is 64.7 Å². The molecule has 2 atom stereocenters. The number of hydrogen-bond donors (Lipinski definition) is 2. The van der Waals surface area contributed by atoms with Crippen molar-refractivity contribution in [3.63, 3.8) is 0 Å². The number of nitrogens with zero attached hydrogens (tertiary/aromatic N) is 2. The minimum atomic E-state index is -0.284. The Balaban J connectivity index is 1.63. The summed E-state index contributed by atoms with van der Waals surface area (Å²) in [6.45, 7) is 4.42. The Hall–Kier alpha value is -1.92. The van der Waals surface area contributed by atoms with Gasteiger partial charge in [-0.1, -0.05) is 30.3 Å². The number of likely N-dealkylation sites (N-methyl/N-ethyl adjacent to an activating group) is 1. The lowest BCUT2D eigenvalue weighted by Crippen LogP contribution is -2.55. The first-order valence-electron chi connectivity index (χ1n) is 8.67. The molecule has 2 fully saturated rings. The van der Waals surface area contributed by atoms with Crippen molar-refractivity contribution in [1.29, 1.82) is 0 Å². The Morgan fingerprint density at radius 3 is 2.67 bits per heavy atom. The van der Waals surface area contributed by atoms with Crippen molar-refractivity contribution in [2.45, 2.75) is 19.0 Å². The van der Waals surface area contributed by atoms with Gasteiger partial charge in [-0.3, -0.25) is 9.59 Å². The molecule has 2 amide bonds. The van der Waals surface area contributed by atoms with Gasteiger partial charge < -0.3 is 20.4 Å². The monoisotopic (exact) mass is 330 g/mol. The summed E-state index contributed by atoms with van der Waals surface area (Å²) in [7, 11) is 1.81. The predicted octanol–water partition coefficient (Wildman–Crippen LogP) is 0.0549. The fraction of sp³-hybridized carbons (Fsp3) is 0.556. The van der Waals surface area contributed by atoms with Gasteiger partial charge in [0.05, 0.1) is 6.04 Å². The van der Waals surface area contributed by atoms with E-state index in [1.165, 1.54) is 0 Å². The third-order valence-electron chi connectivity index (χ3n) is 4.94. The van der Waals surface area contributed by atoms with Crippen molar-refractivity contribution in [2.75, 3.05) is 39.8 Å². The van der Waals surface area contributed by atoms with E-state index in [9.17, 15) is 9.59 Å². The molecular weight excluding hydrogens is 304 g/mol. The molecule has 0 saturated carbocycles. The van der Waals surface area contributed by atoms with Crippen LogP contribution in [0.1, 0.15) is 12.0 Å². The molecule has 0 aliphatic carbocycles. The second-order valence-electron chi connectivity index (χ2n) is 6.57. The van der Waals surface area contributed by atoms with Crippen LogP contribution in [0.5, 0.6) is 0 Å². The zero-order valence-corrected chi connectivity index (χ0v) is 14.2. The minimum Gasteiger partial charge on any atom is -0.339 e. The maximum absolute atomic E-state index is 12.8. The molecule has 0 spiro atoms. The van der Waals surface area contributed by atoms with Crippen LogP contribution in [0.25, 0.3) is 0 Å². The van der Waals surface area contributed by atoms with Gasteiger partial charge in [-0.05, 0) is 12.6 Å². The van der Waals surface area contributed by atoms with Gasteiger partial charge in [-0.25, -0.2) is 0 Å². The largest absolute Gasteiger partial charge is 0.339 e. The Morgan fingerprint density at radius 2 is 2.00 bits per heavy atom. The van der Waals surface area contributed by atoms with Gasteiger partial charge in [0.1, 0.15) is 0 Å². The number of hydrogen-bond acceptors (Lipinski definition) is 4. The molecule has 1 aromatic rings. The van der Waals surface area contributed by atoms with E-state index in [1.54, 1.807) is 0 Å². The lowest BCUT2D eigenvalue weighted by molar-refractivity contribution is -0.135. The third-order valence-corrected chi connectivity index (χ3v) is 4.94. The van der Waals surface area contributed by atoms with E-state index in [2.05, 4.69) is 10.6 Å². The summed E-state index contributed by atoms with van der Waals surface area (Å²) >= 11 is 0. The van der Waals surface area contributed by atoms with Crippen molar-refractivity contribution in [3.05, 3.63) is 35.9 Å². The van der Waals surface area contributed by atoms with Gasteiger partial charge in [-0.2, -0.15) is 0 Å². The van der Waals surface area contributed by atoms with Crippen LogP contribution in [-0.2, 0) is 16.1 Å². The first-order valence-corrected chi connectivity index (χ1v) is 8.67. The summed E-state index contributed by atoms with van der Waals surface area (Å²) in [5.74, 6) is 0.296. The number of carbonyl (C=O) groups is 2. The Morgan fingerprint density at radius 1 is 1.29 bits per heavy atom. The maximum Gasteiger partial charge on any atom is 0.240 e. The van der Waals surface area contributed by atoms with Gasteiger partial charge in [-0.15, -0.1) is 0 Å². The van der Waals surface area contributed by atoms with Crippen molar-refractivity contribution in [3.8, 4) is 0 Å². The molecule has 0 radical (unpaired) electrons. The molecule has 2 heterocycles. The molecule has 2 N–H and O–H groups in total. The number of amides is 2. The van der Waals surface area contributed by atoms with Crippen LogP contribution < -0.4 is 10.6 Å². The quantitative estimate of drug-likeness (QED) is 0.801. The average molecular weight is 330 g/mol. The number of nitrogens with one attached hydrogen (secondary N) is 2. The molecule has 130 valence electrons. The Bertz CT molecular complexity index is 572. The van der Waals surface area contributed by atoms with Crippen LogP contribution in [0.3, 0.4) is 0 Å². The summed E-state index contributed by atoms with van der Waals surface area (Å²) < 4.78 is 0. The Labute approximate surface area is 143 Å². The van der Waals surface area contributed by atoms with E-state index in [-0.39, 0.29) is 23.8 Å². The molecule has 6 heteroatoms. The molecule has 2 unspecified atom stereocenters. The van der Waals surface area contributed by atoms with Gasteiger partial charge >= 0.3 is 0 Å². The molecule has 24 heavy (non-hydrogen) atoms. The molecule has 6 nitrogen and oxygen atoms in total. The summed E-state index contributed by atoms with van der Waals surface area (Å²) in [5, 5.41) is 6.42. The first kappa shape index (κ1) is 16.9. The van der Waals surface area contributed by atoms with E-state index in [0.717, 1.165) is 31.7 Å². The van der Waals surface area contributed by atoms with Crippen molar-refractivity contribution in [1.82, 2.24) is 20.4 Å². The highest BCUT2D eigenvalue weighted by atomic mass is 16.2. The highest BCUT2D eigenvalue weighted by Crippen LogP contribution is 2.24. The first-order chi connectivity index (χ1) is 11.7. The second-order valence-corrected chi connectivity index (χ2v) is 6.57. The molecule has 3 rings (SSSR count). The van der Waals surface area contributed by atoms with Gasteiger partial charge in [0, 0.05) is 51.6 Å². The lowest BCUT2D eigenvalue weighted by Gasteiger charge is -2.32. The zero-order chi connectivity index (χ0) is 16.9. The molecular formula is C18H26N4O2. The normalized spacial score (nSPS) is 22.7. The SMILES string of the molecule is CNC(C(=O)N1CCNCC1)C1CC(=O)N(Cc2ccccc2)C1. The predicted molar refractivity (Wildman–Crippen MR) is 92.3 cm³/mol. The molecule has 0 bridgehead atoms. The number of piperazine rings is 1. The van der Waals surface area contributed by atoms with Crippen LogP contribution in [0.4, 0.5) is 0 Å². The van der Waals surface area contributed by atoms with E-state index < -0.39 is 0 Å². The number of carbonyl (C=O) groups excluding carboxylic acids is 2.